The molecule has 0 atom stereocenters. The second kappa shape index (κ2) is 9.79. The van der Waals surface area contributed by atoms with Gasteiger partial charge in [0, 0.05) is 33.1 Å². The summed E-state index contributed by atoms with van der Waals surface area (Å²) in [6.07, 6.45) is -0.247. The zero-order valence-corrected chi connectivity index (χ0v) is 20.7. The molecule has 0 saturated carbocycles. The Morgan fingerprint density at radius 1 is 0.697 bits per heavy atom. The van der Waals surface area contributed by atoms with Crippen molar-refractivity contribution in [1.82, 2.24) is 5.48 Å². The molecule has 0 bridgehead atoms. The molecule has 0 heterocycles. The first-order valence-corrected chi connectivity index (χ1v) is 11.0. The van der Waals surface area contributed by atoms with Crippen LogP contribution in [0.25, 0.3) is 0 Å². The maximum Gasteiger partial charge on any atom is 0.275 e. The fourth-order valence-corrected chi connectivity index (χ4v) is 3.09. The minimum Gasteiger partial charge on any atom is -0.294 e. The number of benzene rings is 2. The zero-order chi connectivity index (χ0) is 25.1. The Labute approximate surface area is 195 Å². The summed E-state index contributed by atoms with van der Waals surface area (Å²) in [6.45, 7) is 14.4. The van der Waals surface area contributed by atoms with Gasteiger partial charge in [0.05, 0.1) is 11.7 Å². The van der Waals surface area contributed by atoms with E-state index < -0.39 is 22.5 Å². The summed E-state index contributed by atoms with van der Waals surface area (Å²) < 4.78 is 0. The third-order valence-corrected chi connectivity index (χ3v) is 4.93. The smallest absolute Gasteiger partial charge is 0.275 e. The molecule has 176 valence electrons. The predicted molar refractivity (Wildman–Crippen MR) is 128 cm³/mol. The van der Waals surface area contributed by atoms with Crippen molar-refractivity contribution in [1.29, 1.82) is 0 Å². The number of hydrogen-bond acceptors (Lipinski definition) is 5. The SMILES string of the molecule is CC(C)ONC(=O)c1ccc(C(=O)C(C)(C)C)cc1C(=O)c1ccc(C(=O)C(C)(C)C)cc1. The minimum absolute atomic E-state index is 0.0369. The molecule has 0 spiro atoms. The van der Waals surface area contributed by atoms with E-state index in [0.717, 1.165) is 0 Å². The summed E-state index contributed by atoms with van der Waals surface area (Å²) >= 11 is 0. The molecule has 0 aliphatic rings. The van der Waals surface area contributed by atoms with Gasteiger partial charge in [0.1, 0.15) is 0 Å². The lowest BCUT2D eigenvalue weighted by molar-refractivity contribution is 0.000136. The van der Waals surface area contributed by atoms with E-state index in [1.54, 1.807) is 65.0 Å². The van der Waals surface area contributed by atoms with Crippen LogP contribution in [0, 0.1) is 10.8 Å². The molecule has 1 amide bonds. The number of hydrogen-bond donors (Lipinski definition) is 1. The molecule has 0 saturated heterocycles. The van der Waals surface area contributed by atoms with Crippen LogP contribution in [0.2, 0.25) is 0 Å². The molecule has 2 rings (SSSR count). The Hall–Kier alpha value is -3.12. The average Bonchev–Trinajstić information content (AvgIpc) is 2.74. The van der Waals surface area contributed by atoms with Crippen molar-refractivity contribution in [3.8, 4) is 0 Å². The van der Waals surface area contributed by atoms with E-state index in [0.29, 0.717) is 16.7 Å². The number of rotatable bonds is 7. The van der Waals surface area contributed by atoms with E-state index in [4.69, 9.17) is 4.84 Å². The van der Waals surface area contributed by atoms with Crippen LogP contribution < -0.4 is 5.48 Å². The standard InChI is InChI=1S/C27H33NO5/c1-16(2)33-28-25(32)20-14-13-19(24(31)27(6,7)8)15-21(20)22(29)17-9-11-18(12-10-17)23(30)26(3,4)5/h9-16H,1-8H3,(H,28,32). The molecule has 0 aliphatic heterocycles. The van der Waals surface area contributed by atoms with Crippen molar-refractivity contribution in [3.05, 3.63) is 70.3 Å². The molecule has 1 N–H and O–H groups in total. The van der Waals surface area contributed by atoms with Gasteiger partial charge in [-0.15, -0.1) is 0 Å². The van der Waals surface area contributed by atoms with E-state index in [1.807, 2.05) is 20.8 Å². The van der Waals surface area contributed by atoms with Crippen molar-refractivity contribution in [2.45, 2.75) is 61.5 Å². The normalized spacial score (nSPS) is 11.9. The maximum absolute atomic E-state index is 13.4. The predicted octanol–water partition coefficient (Wildman–Crippen LogP) is 5.45. The van der Waals surface area contributed by atoms with Crippen molar-refractivity contribution in [2.24, 2.45) is 10.8 Å². The van der Waals surface area contributed by atoms with Gasteiger partial charge in [0.25, 0.3) is 5.91 Å². The number of carbonyl (C=O) groups excluding carboxylic acids is 4. The summed E-state index contributed by atoms with van der Waals surface area (Å²) in [5, 5.41) is 0. The highest BCUT2D eigenvalue weighted by molar-refractivity contribution is 6.16. The monoisotopic (exact) mass is 451 g/mol. The molecule has 6 nitrogen and oxygen atoms in total. The van der Waals surface area contributed by atoms with Crippen LogP contribution in [0.15, 0.2) is 42.5 Å². The Morgan fingerprint density at radius 3 is 1.64 bits per heavy atom. The van der Waals surface area contributed by atoms with Gasteiger partial charge >= 0.3 is 0 Å². The van der Waals surface area contributed by atoms with Crippen LogP contribution in [0.3, 0.4) is 0 Å². The highest BCUT2D eigenvalue weighted by Crippen LogP contribution is 2.25. The van der Waals surface area contributed by atoms with E-state index in [2.05, 4.69) is 5.48 Å². The first kappa shape index (κ1) is 26.1. The average molecular weight is 452 g/mol. The molecule has 33 heavy (non-hydrogen) atoms. The van der Waals surface area contributed by atoms with Gasteiger partial charge < -0.3 is 0 Å². The maximum atomic E-state index is 13.4. The van der Waals surface area contributed by atoms with Gasteiger partial charge in [-0.3, -0.25) is 24.0 Å². The summed E-state index contributed by atoms with van der Waals surface area (Å²) in [6, 6.07) is 10.8. The minimum atomic E-state index is -0.653. The van der Waals surface area contributed by atoms with Crippen LogP contribution in [-0.2, 0) is 4.84 Å². The molecule has 2 aromatic rings. The van der Waals surface area contributed by atoms with Crippen LogP contribution in [0.4, 0.5) is 0 Å². The van der Waals surface area contributed by atoms with E-state index in [1.165, 1.54) is 12.1 Å². The first-order chi connectivity index (χ1) is 15.1. The highest BCUT2D eigenvalue weighted by Gasteiger charge is 2.27. The van der Waals surface area contributed by atoms with Crippen molar-refractivity contribution < 1.29 is 24.0 Å². The molecule has 6 heteroatoms. The van der Waals surface area contributed by atoms with Crippen LogP contribution in [0.5, 0.6) is 0 Å². The Bertz CT molecular complexity index is 1070. The summed E-state index contributed by atoms with van der Waals surface area (Å²) in [4.78, 5) is 56.6. The zero-order valence-electron chi connectivity index (χ0n) is 20.7. The Balaban J connectivity index is 2.52. The van der Waals surface area contributed by atoms with E-state index in [9.17, 15) is 19.2 Å². The molecule has 2 aromatic carbocycles. The molecule has 0 fully saturated rings. The summed E-state index contributed by atoms with van der Waals surface area (Å²) in [5.74, 6) is -1.19. The second-order valence-electron chi connectivity index (χ2n) is 10.4. The third kappa shape index (κ3) is 6.45. The van der Waals surface area contributed by atoms with Gasteiger partial charge in [0.2, 0.25) is 0 Å². The largest absolute Gasteiger partial charge is 0.294 e. The molecule has 0 unspecified atom stereocenters. The van der Waals surface area contributed by atoms with Crippen molar-refractivity contribution in [2.75, 3.05) is 0 Å². The van der Waals surface area contributed by atoms with Crippen LogP contribution >= 0.6 is 0 Å². The molecular formula is C27H33NO5. The van der Waals surface area contributed by atoms with Gasteiger partial charge in [-0.25, -0.2) is 5.48 Å². The number of ketones is 3. The highest BCUT2D eigenvalue weighted by atomic mass is 16.7. The lowest BCUT2D eigenvalue weighted by atomic mass is 9.84. The molecular weight excluding hydrogens is 418 g/mol. The lowest BCUT2D eigenvalue weighted by Gasteiger charge is -2.18. The number of Topliss-reactive ketones (excluding diaryl/α,β-unsaturated/α-hetero) is 2. The molecule has 0 radical (unpaired) electrons. The lowest BCUT2D eigenvalue weighted by Crippen LogP contribution is -2.29. The van der Waals surface area contributed by atoms with Gasteiger partial charge in [-0.05, 0) is 26.0 Å². The summed E-state index contributed by atoms with van der Waals surface area (Å²) in [7, 11) is 0. The van der Waals surface area contributed by atoms with Crippen LogP contribution in [0.1, 0.15) is 102 Å². The number of carbonyl (C=O) groups is 4. The summed E-state index contributed by atoms with van der Waals surface area (Å²) in [5.41, 5.74) is 2.47. The third-order valence-electron chi connectivity index (χ3n) is 4.93. The molecule has 0 aliphatic carbocycles. The van der Waals surface area contributed by atoms with Gasteiger partial charge in [-0.1, -0.05) is 71.9 Å². The fraction of sp³-hybridized carbons (Fsp3) is 0.407. The first-order valence-electron chi connectivity index (χ1n) is 11.0. The van der Waals surface area contributed by atoms with Crippen molar-refractivity contribution in [3.63, 3.8) is 0 Å². The Kier molecular flexibility index (Phi) is 7.75. The van der Waals surface area contributed by atoms with Crippen LogP contribution in [-0.4, -0.2) is 29.4 Å². The second-order valence-corrected chi connectivity index (χ2v) is 10.4. The van der Waals surface area contributed by atoms with Gasteiger partial charge in [-0.2, -0.15) is 0 Å². The van der Waals surface area contributed by atoms with E-state index >= 15 is 0 Å². The number of nitrogens with one attached hydrogen (secondary N) is 1. The topological polar surface area (TPSA) is 89.5 Å². The fourth-order valence-electron chi connectivity index (χ4n) is 3.09. The number of amides is 1. The number of hydroxylamine groups is 1. The Morgan fingerprint density at radius 2 is 1.15 bits per heavy atom. The van der Waals surface area contributed by atoms with E-state index in [-0.39, 0.29) is 28.8 Å². The van der Waals surface area contributed by atoms with Gasteiger partial charge in [0.15, 0.2) is 17.3 Å². The quantitative estimate of drug-likeness (QED) is 0.447. The van der Waals surface area contributed by atoms with Crippen molar-refractivity contribution >= 4 is 23.3 Å². The molecule has 0 aromatic heterocycles.